The highest BCUT2D eigenvalue weighted by Gasteiger charge is 2.11. The van der Waals surface area contributed by atoms with Crippen LogP contribution >= 0.6 is 22.7 Å². The van der Waals surface area contributed by atoms with E-state index in [2.05, 4.69) is 20.6 Å². The first kappa shape index (κ1) is 16.3. The van der Waals surface area contributed by atoms with E-state index in [1.807, 2.05) is 35.7 Å². The molecule has 2 heterocycles. The number of hydrogen-bond acceptors (Lipinski definition) is 6. The van der Waals surface area contributed by atoms with Crippen LogP contribution in [0.5, 0.6) is 0 Å². The first-order valence-corrected chi connectivity index (χ1v) is 8.92. The molecule has 0 atom stereocenters. The van der Waals surface area contributed by atoms with Gasteiger partial charge in [0.25, 0.3) is 0 Å². The first-order valence-electron chi connectivity index (χ1n) is 7.16. The first-order chi connectivity index (χ1) is 11.7. The molecule has 0 aliphatic heterocycles. The van der Waals surface area contributed by atoms with E-state index in [-0.39, 0.29) is 24.8 Å². The van der Waals surface area contributed by atoms with E-state index in [0.717, 1.165) is 10.6 Å². The summed E-state index contributed by atoms with van der Waals surface area (Å²) < 4.78 is 0. The van der Waals surface area contributed by atoms with Crippen molar-refractivity contribution in [2.45, 2.75) is 6.42 Å². The fourth-order valence-electron chi connectivity index (χ4n) is 1.96. The summed E-state index contributed by atoms with van der Waals surface area (Å²) in [6.07, 6.45) is 1.75. The van der Waals surface area contributed by atoms with Crippen LogP contribution in [0.15, 0.2) is 47.3 Å². The number of aromatic nitrogens is 2. The van der Waals surface area contributed by atoms with Crippen LogP contribution in [0.3, 0.4) is 0 Å². The maximum Gasteiger partial charge on any atom is 0.245 e. The predicted octanol–water partition coefficient (Wildman–Crippen LogP) is 2.56. The molecule has 0 saturated heterocycles. The average molecular weight is 358 g/mol. The van der Waals surface area contributed by atoms with E-state index in [9.17, 15) is 9.59 Å². The maximum absolute atomic E-state index is 11.9. The van der Waals surface area contributed by atoms with Gasteiger partial charge in [0.1, 0.15) is 5.01 Å². The Balaban J connectivity index is 1.48. The number of amides is 2. The number of thiazole rings is 2. The Labute approximate surface area is 146 Å². The van der Waals surface area contributed by atoms with Crippen LogP contribution < -0.4 is 10.6 Å². The van der Waals surface area contributed by atoms with Crippen molar-refractivity contribution in [3.05, 3.63) is 53.0 Å². The molecule has 0 radical (unpaired) electrons. The second-order valence-corrected chi connectivity index (χ2v) is 6.60. The van der Waals surface area contributed by atoms with E-state index in [4.69, 9.17) is 0 Å². The molecule has 0 aliphatic carbocycles. The van der Waals surface area contributed by atoms with Crippen molar-refractivity contribution in [1.82, 2.24) is 15.3 Å². The van der Waals surface area contributed by atoms with Crippen LogP contribution in [0.25, 0.3) is 10.6 Å². The maximum atomic E-state index is 11.9. The Hall–Kier alpha value is -2.58. The van der Waals surface area contributed by atoms with E-state index in [1.165, 1.54) is 22.7 Å². The molecule has 0 saturated carbocycles. The van der Waals surface area contributed by atoms with Gasteiger partial charge in [-0.05, 0) is 0 Å². The largest absolute Gasteiger partial charge is 0.347 e. The van der Waals surface area contributed by atoms with Crippen LogP contribution in [0.4, 0.5) is 5.13 Å². The molecule has 0 fully saturated rings. The number of nitrogens with one attached hydrogen (secondary N) is 2. The lowest BCUT2D eigenvalue weighted by Gasteiger charge is -2.04. The molecule has 8 heteroatoms. The zero-order valence-corrected chi connectivity index (χ0v) is 14.2. The fraction of sp³-hybridized carbons (Fsp3) is 0.125. The third-order valence-corrected chi connectivity index (χ3v) is 4.67. The van der Waals surface area contributed by atoms with Gasteiger partial charge in [0.05, 0.1) is 18.7 Å². The van der Waals surface area contributed by atoms with E-state index in [0.29, 0.717) is 10.8 Å². The Morgan fingerprint density at radius 3 is 2.67 bits per heavy atom. The number of carbonyl (C=O) groups is 2. The number of anilines is 1. The molecule has 1 aromatic carbocycles. The van der Waals surface area contributed by atoms with Crippen molar-refractivity contribution in [1.29, 1.82) is 0 Å². The van der Waals surface area contributed by atoms with Crippen LogP contribution in [0, 0.1) is 0 Å². The highest BCUT2D eigenvalue weighted by molar-refractivity contribution is 7.13. The standard InChI is InChI=1S/C16H14N4O2S2/c21-13(18-9-14(22)20-16-17-6-7-23-16)8-12-10-24-15(19-12)11-4-2-1-3-5-11/h1-7,10H,8-9H2,(H,18,21)(H,17,20,22). The second kappa shape index (κ2) is 7.80. The van der Waals surface area contributed by atoms with Crippen LogP contribution in [-0.4, -0.2) is 28.3 Å². The number of rotatable bonds is 6. The van der Waals surface area contributed by atoms with E-state index >= 15 is 0 Å². The molecule has 0 spiro atoms. The normalized spacial score (nSPS) is 10.3. The molecule has 122 valence electrons. The van der Waals surface area contributed by atoms with Gasteiger partial charge in [-0.3, -0.25) is 9.59 Å². The number of nitrogens with zero attached hydrogens (tertiary/aromatic N) is 2. The summed E-state index contributed by atoms with van der Waals surface area (Å²) in [5, 5.41) is 10.2. The molecule has 0 aliphatic rings. The Bertz CT molecular complexity index is 816. The van der Waals surface area contributed by atoms with Crippen molar-refractivity contribution in [2.75, 3.05) is 11.9 Å². The summed E-state index contributed by atoms with van der Waals surface area (Å²) in [4.78, 5) is 32.0. The smallest absolute Gasteiger partial charge is 0.245 e. The molecular formula is C16H14N4O2S2. The molecule has 2 amide bonds. The van der Waals surface area contributed by atoms with Crippen LogP contribution in [0.1, 0.15) is 5.69 Å². The molecule has 3 aromatic rings. The molecule has 6 nitrogen and oxygen atoms in total. The summed E-state index contributed by atoms with van der Waals surface area (Å²) in [5.74, 6) is -0.546. The molecule has 2 N–H and O–H groups in total. The Morgan fingerprint density at radius 2 is 1.92 bits per heavy atom. The number of hydrogen-bond donors (Lipinski definition) is 2. The molecule has 3 rings (SSSR count). The predicted molar refractivity (Wildman–Crippen MR) is 95.0 cm³/mol. The highest BCUT2D eigenvalue weighted by Crippen LogP contribution is 2.23. The summed E-state index contributed by atoms with van der Waals surface area (Å²) >= 11 is 2.82. The van der Waals surface area contributed by atoms with Gasteiger partial charge in [0, 0.05) is 22.5 Å². The summed E-state index contributed by atoms with van der Waals surface area (Å²) in [6, 6.07) is 9.80. The fourth-order valence-corrected chi connectivity index (χ4v) is 3.33. The Morgan fingerprint density at radius 1 is 1.08 bits per heavy atom. The molecule has 0 bridgehead atoms. The average Bonchev–Trinajstić information content (AvgIpc) is 3.26. The quantitative estimate of drug-likeness (QED) is 0.709. The molecular weight excluding hydrogens is 344 g/mol. The molecule has 2 aromatic heterocycles. The van der Waals surface area contributed by atoms with Crippen molar-refractivity contribution >= 4 is 39.6 Å². The van der Waals surface area contributed by atoms with E-state index < -0.39 is 0 Å². The SMILES string of the molecule is O=C(Cc1csc(-c2ccccc2)n1)NCC(=O)Nc1nccs1. The van der Waals surface area contributed by atoms with Crippen LogP contribution in [-0.2, 0) is 16.0 Å². The van der Waals surface area contributed by atoms with Crippen molar-refractivity contribution in [2.24, 2.45) is 0 Å². The van der Waals surface area contributed by atoms with Gasteiger partial charge in [-0.15, -0.1) is 22.7 Å². The lowest BCUT2D eigenvalue weighted by atomic mass is 10.2. The van der Waals surface area contributed by atoms with Crippen molar-refractivity contribution in [3.63, 3.8) is 0 Å². The second-order valence-electron chi connectivity index (χ2n) is 4.85. The zero-order valence-electron chi connectivity index (χ0n) is 12.6. The van der Waals surface area contributed by atoms with Gasteiger partial charge in [-0.1, -0.05) is 30.3 Å². The topological polar surface area (TPSA) is 84.0 Å². The molecule has 24 heavy (non-hydrogen) atoms. The summed E-state index contributed by atoms with van der Waals surface area (Å²) in [5.41, 5.74) is 1.72. The van der Waals surface area contributed by atoms with Gasteiger partial charge in [0.15, 0.2) is 5.13 Å². The minimum absolute atomic E-state index is 0.0892. The zero-order chi connectivity index (χ0) is 16.8. The lowest BCUT2D eigenvalue weighted by Crippen LogP contribution is -2.33. The summed E-state index contributed by atoms with van der Waals surface area (Å²) in [6.45, 7) is -0.0892. The van der Waals surface area contributed by atoms with Gasteiger partial charge in [-0.2, -0.15) is 0 Å². The Kier molecular flexibility index (Phi) is 5.29. The lowest BCUT2D eigenvalue weighted by molar-refractivity contribution is -0.123. The monoisotopic (exact) mass is 358 g/mol. The van der Waals surface area contributed by atoms with Crippen molar-refractivity contribution < 1.29 is 9.59 Å². The third-order valence-electron chi connectivity index (χ3n) is 3.04. The van der Waals surface area contributed by atoms with Crippen LogP contribution in [0.2, 0.25) is 0 Å². The molecule has 0 unspecified atom stereocenters. The third kappa shape index (κ3) is 4.46. The van der Waals surface area contributed by atoms with Gasteiger partial charge < -0.3 is 10.6 Å². The van der Waals surface area contributed by atoms with Gasteiger partial charge in [-0.25, -0.2) is 9.97 Å². The minimum atomic E-state index is -0.304. The highest BCUT2D eigenvalue weighted by atomic mass is 32.1. The number of benzene rings is 1. The van der Waals surface area contributed by atoms with Gasteiger partial charge >= 0.3 is 0 Å². The minimum Gasteiger partial charge on any atom is -0.347 e. The summed E-state index contributed by atoms with van der Waals surface area (Å²) in [7, 11) is 0. The number of carbonyl (C=O) groups excluding carboxylic acids is 2. The van der Waals surface area contributed by atoms with Gasteiger partial charge in [0.2, 0.25) is 11.8 Å². The van der Waals surface area contributed by atoms with Crippen molar-refractivity contribution in [3.8, 4) is 10.6 Å². The van der Waals surface area contributed by atoms with E-state index in [1.54, 1.807) is 11.6 Å².